The van der Waals surface area contributed by atoms with Gasteiger partial charge in [0.25, 0.3) is 5.56 Å². The molecule has 2 heterocycles. The maximum atomic E-state index is 12.4. The summed E-state index contributed by atoms with van der Waals surface area (Å²) in [5.74, 6) is 0.966. The first-order valence-electron chi connectivity index (χ1n) is 12.7. The molecular formula is C30H30N2O8. The second-order valence-corrected chi connectivity index (χ2v) is 9.33. The quantitative estimate of drug-likeness (QED) is 0.272. The first-order valence-corrected chi connectivity index (χ1v) is 12.7. The number of aromatic amines is 1. The number of nitrogens with one attached hydrogen (secondary N) is 1. The summed E-state index contributed by atoms with van der Waals surface area (Å²) >= 11 is 0. The van der Waals surface area contributed by atoms with E-state index in [1.807, 2.05) is 72.8 Å². The van der Waals surface area contributed by atoms with E-state index in [1.165, 1.54) is 6.20 Å². The van der Waals surface area contributed by atoms with Gasteiger partial charge in [0, 0.05) is 17.8 Å². The molecule has 0 radical (unpaired) electrons. The highest BCUT2D eigenvalue weighted by Crippen LogP contribution is 2.47. The number of aromatic nitrogens is 2. The molecule has 0 spiro atoms. The Morgan fingerprint density at radius 3 is 2.08 bits per heavy atom. The van der Waals surface area contributed by atoms with E-state index in [2.05, 4.69) is 4.98 Å². The maximum absolute atomic E-state index is 12.4. The van der Waals surface area contributed by atoms with Crippen LogP contribution in [0.4, 0.5) is 0 Å². The minimum Gasteiger partial charge on any atom is -0.493 e. The normalized spacial score (nSPS) is 20.8. The van der Waals surface area contributed by atoms with E-state index in [0.717, 1.165) is 21.8 Å². The minimum absolute atomic E-state index is 0.184. The van der Waals surface area contributed by atoms with E-state index in [1.54, 1.807) is 20.3 Å². The molecule has 3 aromatic carbocycles. The number of aliphatic hydroxyl groups is 2. The Balaban J connectivity index is 1.60. The van der Waals surface area contributed by atoms with Gasteiger partial charge < -0.3 is 29.2 Å². The van der Waals surface area contributed by atoms with Gasteiger partial charge in [-0.1, -0.05) is 72.8 Å². The molecule has 1 aliphatic rings. The number of para-hydroxylation sites is 1. The van der Waals surface area contributed by atoms with Crippen molar-refractivity contribution in [3.05, 3.63) is 129 Å². The molecule has 40 heavy (non-hydrogen) atoms. The number of H-pyrrole nitrogens is 1. The number of benzene rings is 3. The van der Waals surface area contributed by atoms with Crippen molar-refractivity contribution in [1.82, 2.24) is 9.55 Å². The summed E-state index contributed by atoms with van der Waals surface area (Å²) in [4.78, 5) is 26.0. The average molecular weight is 547 g/mol. The topological polar surface area (TPSA) is 132 Å². The summed E-state index contributed by atoms with van der Waals surface area (Å²) in [5.41, 5.74) is -0.425. The predicted molar refractivity (Wildman–Crippen MR) is 146 cm³/mol. The molecule has 4 atom stereocenters. The first kappa shape index (κ1) is 27.4. The monoisotopic (exact) mass is 546 g/mol. The number of rotatable bonds is 9. The highest BCUT2D eigenvalue weighted by atomic mass is 16.6. The van der Waals surface area contributed by atoms with Crippen molar-refractivity contribution in [3.8, 4) is 11.5 Å². The van der Waals surface area contributed by atoms with Crippen molar-refractivity contribution < 1.29 is 29.2 Å². The molecule has 0 bridgehead atoms. The fourth-order valence-corrected chi connectivity index (χ4v) is 5.16. The Labute approximate surface area is 230 Å². The van der Waals surface area contributed by atoms with E-state index in [4.69, 9.17) is 18.9 Å². The Bertz CT molecular complexity index is 1510. The number of hydrogen-bond acceptors (Lipinski definition) is 8. The molecule has 0 aliphatic carbocycles. The third-order valence-electron chi connectivity index (χ3n) is 7.07. The van der Waals surface area contributed by atoms with Crippen LogP contribution in [0.15, 0.2) is 101 Å². The van der Waals surface area contributed by atoms with Crippen LogP contribution in [-0.2, 0) is 15.1 Å². The molecule has 0 saturated carbocycles. The maximum Gasteiger partial charge on any atom is 0.330 e. The smallest absolute Gasteiger partial charge is 0.330 e. The van der Waals surface area contributed by atoms with Crippen LogP contribution >= 0.6 is 0 Å². The molecule has 1 fully saturated rings. The molecule has 3 N–H and O–H groups in total. The van der Waals surface area contributed by atoms with Crippen molar-refractivity contribution in [3.63, 3.8) is 0 Å². The van der Waals surface area contributed by atoms with Crippen LogP contribution in [0.25, 0.3) is 0 Å². The summed E-state index contributed by atoms with van der Waals surface area (Å²) in [6.07, 6.45) is -3.89. The van der Waals surface area contributed by atoms with Crippen LogP contribution in [0.3, 0.4) is 0 Å². The van der Waals surface area contributed by atoms with Crippen molar-refractivity contribution in [1.29, 1.82) is 0 Å². The summed E-state index contributed by atoms with van der Waals surface area (Å²) in [5, 5.41) is 21.7. The number of ether oxygens (including phenoxy) is 4. The summed E-state index contributed by atoms with van der Waals surface area (Å²) in [6, 6.07) is 25.7. The Kier molecular flexibility index (Phi) is 7.85. The van der Waals surface area contributed by atoms with Crippen molar-refractivity contribution in [2.75, 3.05) is 20.8 Å². The number of methoxy groups -OCH3 is 2. The molecule has 4 aromatic rings. The van der Waals surface area contributed by atoms with Crippen LogP contribution < -0.4 is 20.7 Å². The van der Waals surface area contributed by atoms with Gasteiger partial charge in [0.1, 0.15) is 23.9 Å². The number of nitrogens with zero attached hydrogens (tertiary/aromatic N) is 1. The third kappa shape index (κ3) is 4.82. The average Bonchev–Trinajstić information content (AvgIpc) is 3.27. The highest BCUT2D eigenvalue weighted by molar-refractivity contribution is 5.57. The fourth-order valence-electron chi connectivity index (χ4n) is 5.16. The van der Waals surface area contributed by atoms with Crippen molar-refractivity contribution in [2.45, 2.75) is 30.1 Å². The highest BCUT2D eigenvalue weighted by Gasteiger charge is 2.47. The molecule has 0 amide bonds. The van der Waals surface area contributed by atoms with Gasteiger partial charge in [0.15, 0.2) is 17.7 Å². The van der Waals surface area contributed by atoms with Gasteiger partial charge >= 0.3 is 5.69 Å². The first-order chi connectivity index (χ1) is 19.4. The van der Waals surface area contributed by atoms with E-state index >= 15 is 0 Å². The zero-order valence-electron chi connectivity index (χ0n) is 22.0. The van der Waals surface area contributed by atoms with Crippen LogP contribution in [0.2, 0.25) is 0 Å². The molecule has 5 rings (SSSR count). The van der Waals surface area contributed by atoms with Gasteiger partial charge in [-0.2, -0.15) is 0 Å². The van der Waals surface area contributed by atoms with Gasteiger partial charge in [-0.15, -0.1) is 0 Å². The Hall–Kier alpha value is -4.22. The van der Waals surface area contributed by atoms with Gasteiger partial charge in [-0.05, 0) is 17.2 Å². The third-order valence-corrected chi connectivity index (χ3v) is 7.07. The van der Waals surface area contributed by atoms with Gasteiger partial charge in [-0.25, -0.2) is 4.79 Å². The van der Waals surface area contributed by atoms with Crippen LogP contribution in [0.1, 0.15) is 22.9 Å². The molecule has 1 aliphatic heterocycles. The van der Waals surface area contributed by atoms with Crippen LogP contribution in [0, 0.1) is 0 Å². The summed E-state index contributed by atoms with van der Waals surface area (Å²) in [7, 11) is 3.10. The molecule has 10 heteroatoms. The zero-order chi connectivity index (χ0) is 28.3. The minimum atomic E-state index is -1.45. The predicted octanol–water partition coefficient (Wildman–Crippen LogP) is 2.18. The van der Waals surface area contributed by atoms with E-state index in [9.17, 15) is 19.8 Å². The van der Waals surface area contributed by atoms with Crippen molar-refractivity contribution >= 4 is 0 Å². The summed E-state index contributed by atoms with van der Waals surface area (Å²) < 4.78 is 25.2. The second-order valence-electron chi connectivity index (χ2n) is 9.33. The SMILES string of the molecule is COc1cccc(C(OC[C@H]2O[C@@H](n3ccc(=O)[nH]c3=O)[C@H](O)[C@@H]2O)(c2ccccc2)c2ccccc2)c1OC. The van der Waals surface area contributed by atoms with E-state index in [0.29, 0.717) is 17.1 Å². The van der Waals surface area contributed by atoms with Crippen molar-refractivity contribution in [2.24, 2.45) is 0 Å². The van der Waals surface area contributed by atoms with Crippen LogP contribution in [-0.4, -0.2) is 58.9 Å². The van der Waals surface area contributed by atoms with Gasteiger partial charge in [0.2, 0.25) is 0 Å². The molecule has 1 aromatic heterocycles. The number of hydrogen-bond donors (Lipinski definition) is 3. The standard InChI is InChI=1S/C30H30N2O8/c1-37-22-15-9-14-21(27(22)38-2)30(19-10-5-3-6-11-19,20-12-7-4-8-13-20)39-18-23-25(34)26(35)28(40-23)32-17-16-24(33)31-29(32)36/h3-17,23,25-26,28,34-35H,18H2,1-2H3,(H,31,33,36)/t23-,25-,26-,28-/m1/s1. The van der Waals surface area contributed by atoms with E-state index < -0.39 is 41.4 Å². The lowest BCUT2D eigenvalue weighted by Gasteiger charge is -2.37. The summed E-state index contributed by atoms with van der Waals surface area (Å²) in [6.45, 7) is -0.184. The number of aliphatic hydroxyl groups excluding tert-OH is 2. The zero-order valence-corrected chi connectivity index (χ0v) is 22.0. The lowest BCUT2D eigenvalue weighted by atomic mass is 9.79. The fraction of sp³-hybridized carbons (Fsp3) is 0.267. The van der Waals surface area contributed by atoms with E-state index in [-0.39, 0.29) is 6.61 Å². The van der Waals surface area contributed by atoms with Crippen LogP contribution in [0.5, 0.6) is 11.5 Å². The van der Waals surface area contributed by atoms with Gasteiger partial charge in [-0.3, -0.25) is 14.3 Å². The Morgan fingerprint density at radius 2 is 1.50 bits per heavy atom. The Morgan fingerprint density at radius 1 is 0.850 bits per heavy atom. The lowest BCUT2D eigenvalue weighted by Crippen LogP contribution is -2.40. The molecule has 0 unspecified atom stereocenters. The molecule has 1 saturated heterocycles. The van der Waals surface area contributed by atoms with Gasteiger partial charge in [0.05, 0.1) is 20.8 Å². The molecular weight excluding hydrogens is 516 g/mol. The largest absolute Gasteiger partial charge is 0.493 e. The lowest BCUT2D eigenvalue weighted by molar-refractivity contribution is -0.0962. The molecule has 208 valence electrons. The second kappa shape index (κ2) is 11.5. The molecule has 10 nitrogen and oxygen atoms in total.